The van der Waals surface area contributed by atoms with Gasteiger partial charge in [0.15, 0.2) is 16.3 Å². The van der Waals surface area contributed by atoms with E-state index in [0.717, 1.165) is 19.2 Å². The van der Waals surface area contributed by atoms with Gasteiger partial charge in [0.05, 0.1) is 52.3 Å². The number of esters is 1. The van der Waals surface area contributed by atoms with Gasteiger partial charge in [-0.1, -0.05) is 63.7 Å². The largest absolute Gasteiger partial charge is 0.493 e. The topological polar surface area (TPSA) is 88.4 Å². The molecular weight excluding hydrogens is 759 g/mol. The van der Waals surface area contributed by atoms with Crippen LogP contribution in [-0.2, 0) is 9.53 Å². The Kier molecular flexibility index (Phi) is 9.96. The number of carbonyl (C=O) groups excluding carboxylic acids is 1. The van der Waals surface area contributed by atoms with E-state index in [-0.39, 0.29) is 23.8 Å². The summed E-state index contributed by atoms with van der Waals surface area (Å²) < 4.78 is 26.5. The lowest BCUT2D eigenvalue weighted by atomic mass is 9.93. The monoisotopic (exact) mass is 788 g/mol. The van der Waals surface area contributed by atoms with Crippen LogP contribution in [0.5, 0.6) is 17.2 Å². The Labute approximate surface area is 280 Å². The number of hydrogen-bond acceptors (Lipinski definition) is 8. The van der Waals surface area contributed by atoms with E-state index in [1.165, 1.54) is 11.3 Å². The van der Waals surface area contributed by atoms with E-state index in [0.29, 0.717) is 37.8 Å². The average Bonchev–Trinajstić information content (AvgIpc) is 3.32. The number of aromatic nitrogens is 1. The van der Waals surface area contributed by atoms with E-state index < -0.39 is 12.0 Å². The fourth-order valence-electron chi connectivity index (χ4n) is 4.97. The summed E-state index contributed by atoms with van der Waals surface area (Å²) in [6.45, 7) is 5.83. The molecule has 0 bridgehead atoms. The van der Waals surface area contributed by atoms with Crippen LogP contribution in [0.4, 0.5) is 0 Å². The lowest BCUT2D eigenvalue weighted by Crippen LogP contribution is -2.40. The molecule has 228 valence electrons. The van der Waals surface area contributed by atoms with Crippen molar-refractivity contribution in [3.05, 3.63) is 111 Å². The molecule has 0 unspecified atom stereocenters. The summed E-state index contributed by atoms with van der Waals surface area (Å²) in [6, 6.07) is 17.8. The minimum atomic E-state index is -0.850. The van der Waals surface area contributed by atoms with Crippen LogP contribution in [0.3, 0.4) is 0 Å². The van der Waals surface area contributed by atoms with E-state index in [1.54, 1.807) is 37.8 Å². The molecule has 0 saturated carbocycles. The molecule has 0 amide bonds. The van der Waals surface area contributed by atoms with Crippen molar-refractivity contribution in [1.82, 2.24) is 4.57 Å². The second-order valence-electron chi connectivity index (χ2n) is 10.0. The molecule has 2 heterocycles. The fourth-order valence-corrected chi connectivity index (χ4v) is 7.64. The van der Waals surface area contributed by atoms with Gasteiger partial charge in [0.2, 0.25) is 0 Å². The highest BCUT2D eigenvalue weighted by Crippen LogP contribution is 2.38. The van der Waals surface area contributed by atoms with Crippen LogP contribution in [0.1, 0.15) is 43.5 Å². The van der Waals surface area contributed by atoms with Gasteiger partial charge in [-0.05, 0) is 79.3 Å². The molecule has 0 spiro atoms. The third kappa shape index (κ3) is 6.36. The minimum absolute atomic E-state index is 0.0660. The molecule has 3 aromatic carbocycles. The van der Waals surface area contributed by atoms with Crippen molar-refractivity contribution in [2.24, 2.45) is 4.99 Å². The number of halogens is 2. The van der Waals surface area contributed by atoms with Gasteiger partial charge >= 0.3 is 5.97 Å². The van der Waals surface area contributed by atoms with Gasteiger partial charge in [-0.3, -0.25) is 9.36 Å². The summed E-state index contributed by atoms with van der Waals surface area (Å²) in [7, 11) is 3.10. The Hall–Kier alpha value is -3.42. The minimum Gasteiger partial charge on any atom is -0.493 e. The molecule has 0 saturated heterocycles. The van der Waals surface area contributed by atoms with Crippen molar-refractivity contribution in [2.45, 2.75) is 32.9 Å². The van der Waals surface area contributed by atoms with Crippen LogP contribution < -0.4 is 29.1 Å². The molecule has 11 heteroatoms. The first-order chi connectivity index (χ1) is 21.2. The Morgan fingerprint density at radius 1 is 1.09 bits per heavy atom. The van der Waals surface area contributed by atoms with Gasteiger partial charge in [-0.2, -0.15) is 0 Å². The summed E-state index contributed by atoms with van der Waals surface area (Å²) in [5, 5.41) is 0. The first kappa shape index (κ1) is 32.0. The van der Waals surface area contributed by atoms with Crippen LogP contribution in [0, 0.1) is 3.57 Å². The van der Waals surface area contributed by atoms with Crippen LogP contribution in [0.2, 0.25) is 0 Å². The zero-order valence-electron chi connectivity index (χ0n) is 24.7. The predicted molar refractivity (Wildman–Crippen MR) is 183 cm³/mol. The maximum absolute atomic E-state index is 14.3. The zero-order valence-corrected chi connectivity index (χ0v) is 29.3. The van der Waals surface area contributed by atoms with E-state index in [2.05, 4.69) is 38.5 Å². The lowest BCUT2D eigenvalue weighted by molar-refractivity contribution is -0.138. The Balaban J connectivity index is 1.85. The standard InChI is InChI=1S/C33H30BrIN2O6S/c1-6-42-32(39)27-28(19-10-8-7-9-11-19)36-33-37(29(27)20-12-13-24(40-4)25(15-20)41-5)31(38)26(44-33)16-21-14-22(34)17-23(35)30(21)43-18(2)3/h7-18,29H,6H2,1-5H3/b26-16-/t29-/m0/s1. The Morgan fingerprint density at radius 2 is 1.82 bits per heavy atom. The van der Waals surface area contributed by atoms with E-state index in [1.807, 2.05) is 68.5 Å². The van der Waals surface area contributed by atoms with Crippen LogP contribution >= 0.6 is 49.9 Å². The third-order valence-electron chi connectivity index (χ3n) is 6.77. The first-order valence-electron chi connectivity index (χ1n) is 13.8. The first-order valence-corrected chi connectivity index (χ1v) is 16.5. The van der Waals surface area contributed by atoms with Gasteiger partial charge in [0.25, 0.3) is 5.56 Å². The van der Waals surface area contributed by atoms with E-state index >= 15 is 0 Å². The number of carbonyl (C=O) groups is 1. The summed E-state index contributed by atoms with van der Waals surface area (Å²) in [5.74, 6) is 1.12. The predicted octanol–water partition coefficient (Wildman–Crippen LogP) is 6.11. The maximum atomic E-state index is 14.3. The van der Waals surface area contributed by atoms with Crippen LogP contribution in [0.25, 0.3) is 11.8 Å². The fraction of sp³-hybridized carbons (Fsp3) is 0.242. The number of nitrogens with zero attached hydrogens (tertiary/aromatic N) is 2. The second kappa shape index (κ2) is 13.7. The molecule has 0 fully saturated rings. The van der Waals surface area contributed by atoms with Crippen molar-refractivity contribution < 1.29 is 23.7 Å². The average molecular weight is 789 g/mol. The highest BCUT2D eigenvalue weighted by atomic mass is 127. The quantitative estimate of drug-likeness (QED) is 0.151. The SMILES string of the molecule is CCOC(=O)C1=C(c2ccccc2)N=c2s/c(=C\c3cc(Br)cc(I)c3OC(C)C)c(=O)n2[C@H]1c1ccc(OC)c(OC)c1. The molecule has 1 aromatic heterocycles. The molecule has 0 radical (unpaired) electrons. The highest BCUT2D eigenvalue weighted by molar-refractivity contribution is 14.1. The lowest BCUT2D eigenvalue weighted by Gasteiger charge is -2.26. The number of rotatable bonds is 9. The molecule has 8 nitrogen and oxygen atoms in total. The summed E-state index contributed by atoms with van der Waals surface area (Å²) in [4.78, 5) is 33.5. The normalized spacial score (nSPS) is 14.7. The number of methoxy groups -OCH3 is 2. The molecule has 1 aliphatic heterocycles. The molecule has 1 atom stereocenters. The molecular formula is C33H30BrIN2O6S. The summed E-state index contributed by atoms with van der Waals surface area (Å²) in [5.41, 5.74) is 2.52. The Morgan fingerprint density at radius 3 is 2.48 bits per heavy atom. The Bertz CT molecular complexity index is 1930. The van der Waals surface area contributed by atoms with Gasteiger partial charge in [0, 0.05) is 15.6 Å². The molecule has 0 aliphatic carbocycles. The van der Waals surface area contributed by atoms with Crippen molar-refractivity contribution in [2.75, 3.05) is 20.8 Å². The smallest absolute Gasteiger partial charge is 0.338 e. The van der Waals surface area contributed by atoms with Crippen LogP contribution in [0.15, 0.2) is 80.5 Å². The number of fused-ring (bicyclic) bond motifs is 1. The van der Waals surface area contributed by atoms with Crippen molar-refractivity contribution in [3.63, 3.8) is 0 Å². The van der Waals surface area contributed by atoms with Gasteiger partial charge in [-0.15, -0.1) is 0 Å². The number of hydrogen-bond donors (Lipinski definition) is 0. The molecule has 44 heavy (non-hydrogen) atoms. The van der Waals surface area contributed by atoms with Crippen molar-refractivity contribution in [1.29, 1.82) is 0 Å². The van der Waals surface area contributed by atoms with Gasteiger partial charge < -0.3 is 18.9 Å². The number of ether oxygens (including phenoxy) is 4. The maximum Gasteiger partial charge on any atom is 0.338 e. The highest BCUT2D eigenvalue weighted by Gasteiger charge is 2.35. The summed E-state index contributed by atoms with van der Waals surface area (Å²) in [6.07, 6.45) is 1.75. The van der Waals surface area contributed by atoms with E-state index in [9.17, 15) is 9.59 Å². The van der Waals surface area contributed by atoms with Gasteiger partial charge in [0.1, 0.15) is 5.75 Å². The number of thiazole rings is 1. The number of benzene rings is 3. The van der Waals surface area contributed by atoms with Crippen molar-refractivity contribution in [3.8, 4) is 17.2 Å². The van der Waals surface area contributed by atoms with Gasteiger partial charge in [-0.25, -0.2) is 9.79 Å². The zero-order chi connectivity index (χ0) is 31.5. The summed E-state index contributed by atoms with van der Waals surface area (Å²) >= 11 is 7.06. The van der Waals surface area contributed by atoms with Crippen LogP contribution in [-0.4, -0.2) is 37.5 Å². The molecule has 0 N–H and O–H groups in total. The second-order valence-corrected chi connectivity index (χ2v) is 13.1. The third-order valence-corrected chi connectivity index (χ3v) is 9.02. The van der Waals surface area contributed by atoms with Crippen molar-refractivity contribution >= 4 is 67.6 Å². The molecule has 4 aromatic rings. The molecule has 1 aliphatic rings. The van der Waals surface area contributed by atoms with E-state index in [4.69, 9.17) is 23.9 Å². The molecule has 5 rings (SSSR count).